The van der Waals surface area contributed by atoms with E-state index >= 15 is 0 Å². The number of aldehydes is 1. The Balaban J connectivity index is 1.47. The van der Waals surface area contributed by atoms with Crippen molar-refractivity contribution in [1.82, 2.24) is 9.80 Å². The number of carbonyl (C=O) groups is 2. The van der Waals surface area contributed by atoms with Crippen molar-refractivity contribution in [3.63, 3.8) is 0 Å². The molecule has 2 aliphatic rings. The average Bonchev–Trinajstić information content (AvgIpc) is 3.25. The lowest BCUT2D eigenvalue weighted by Gasteiger charge is -2.38. The van der Waals surface area contributed by atoms with Gasteiger partial charge in [0.15, 0.2) is 6.29 Å². The number of para-hydroxylation sites is 1. The number of halogens is 1. The largest absolute Gasteiger partial charge is 0.367 e. The zero-order valence-electron chi connectivity index (χ0n) is 18.2. The maximum atomic E-state index is 13.6. The van der Waals surface area contributed by atoms with Crippen LogP contribution in [0.3, 0.4) is 0 Å². The number of hydrogen-bond donors (Lipinski definition) is 0. The Bertz CT molecular complexity index is 923. The van der Waals surface area contributed by atoms with Crippen LogP contribution in [0.5, 0.6) is 0 Å². The summed E-state index contributed by atoms with van der Waals surface area (Å²) in [5.74, 6) is 0.379. The molecule has 2 aromatic carbocycles. The second kappa shape index (κ2) is 9.41. The summed E-state index contributed by atoms with van der Waals surface area (Å²) in [5, 5.41) is 0.720. The molecule has 31 heavy (non-hydrogen) atoms. The molecule has 2 atom stereocenters. The molecule has 2 heterocycles. The van der Waals surface area contributed by atoms with E-state index in [0.717, 1.165) is 43.2 Å². The van der Waals surface area contributed by atoms with Crippen molar-refractivity contribution >= 4 is 29.5 Å². The molecule has 0 radical (unpaired) electrons. The van der Waals surface area contributed by atoms with Crippen molar-refractivity contribution < 1.29 is 9.59 Å². The molecule has 2 aromatic rings. The van der Waals surface area contributed by atoms with Gasteiger partial charge in [-0.25, -0.2) is 0 Å². The number of likely N-dealkylation sites (tertiary alicyclic amines) is 1. The standard InChI is InChI=1S/C25H30ClN3O2/c1-18(2)29-15-22(19-7-9-21(26)10-8-19)23(16-29)25(31)28-13-11-27(12-14-28)24-6-4-3-5-20(24)17-30/h3-10,17-18,22-23H,11-16H2,1-2H3/t22-,23+/m0/s1. The Morgan fingerprint density at radius 1 is 1.00 bits per heavy atom. The highest BCUT2D eigenvalue weighted by molar-refractivity contribution is 6.30. The lowest BCUT2D eigenvalue weighted by atomic mass is 9.88. The number of anilines is 1. The first-order chi connectivity index (χ1) is 15.0. The zero-order chi connectivity index (χ0) is 22.0. The van der Waals surface area contributed by atoms with E-state index in [1.807, 2.05) is 41.3 Å². The van der Waals surface area contributed by atoms with Crippen molar-refractivity contribution in [3.05, 3.63) is 64.7 Å². The summed E-state index contributed by atoms with van der Waals surface area (Å²) in [6.45, 7) is 8.89. The average molecular weight is 440 g/mol. The van der Waals surface area contributed by atoms with Crippen LogP contribution in [0, 0.1) is 5.92 Å². The number of amides is 1. The van der Waals surface area contributed by atoms with Crippen LogP contribution in [0.1, 0.15) is 35.7 Å². The number of rotatable bonds is 5. The molecular formula is C25H30ClN3O2. The number of piperazine rings is 1. The third-order valence-corrected chi connectivity index (χ3v) is 6.94. The Labute approximate surface area is 189 Å². The van der Waals surface area contributed by atoms with E-state index in [9.17, 15) is 9.59 Å². The summed E-state index contributed by atoms with van der Waals surface area (Å²) in [5.41, 5.74) is 2.84. The van der Waals surface area contributed by atoms with Crippen molar-refractivity contribution in [1.29, 1.82) is 0 Å². The van der Waals surface area contributed by atoms with E-state index in [1.54, 1.807) is 0 Å². The van der Waals surface area contributed by atoms with Crippen LogP contribution in [0.4, 0.5) is 5.69 Å². The quantitative estimate of drug-likeness (QED) is 0.662. The highest BCUT2D eigenvalue weighted by Crippen LogP contribution is 2.36. The van der Waals surface area contributed by atoms with Gasteiger partial charge in [0, 0.05) is 67.5 Å². The van der Waals surface area contributed by atoms with Gasteiger partial charge in [-0.1, -0.05) is 35.9 Å². The molecule has 0 aromatic heterocycles. The second-order valence-corrected chi connectivity index (χ2v) is 9.24. The van der Waals surface area contributed by atoms with Gasteiger partial charge in [-0.05, 0) is 43.7 Å². The Kier molecular flexibility index (Phi) is 6.63. The normalized spacial score (nSPS) is 22.2. The third-order valence-electron chi connectivity index (χ3n) is 6.69. The van der Waals surface area contributed by atoms with E-state index in [4.69, 9.17) is 11.6 Å². The summed E-state index contributed by atoms with van der Waals surface area (Å²) in [6, 6.07) is 16.0. The van der Waals surface area contributed by atoms with Crippen molar-refractivity contribution in [2.24, 2.45) is 5.92 Å². The van der Waals surface area contributed by atoms with E-state index in [1.165, 1.54) is 5.56 Å². The predicted molar refractivity (Wildman–Crippen MR) is 125 cm³/mol. The topological polar surface area (TPSA) is 43.9 Å². The van der Waals surface area contributed by atoms with Gasteiger partial charge in [0.05, 0.1) is 5.92 Å². The van der Waals surface area contributed by atoms with Crippen LogP contribution in [0.15, 0.2) is 48.5 Å². The summed E-state index contributed by atoms with van der Waals surface area (Å²) < 4.78 is 0. The van der Waals surface area contributed by atoms with Crippen molar-refractivity contribution in [2.45, 2.75) is 25.8 Å². The summed E-state index contributed by atoms with van der Waals surface area (Å²) >= 11 is 6.09. The van der Waals surface area contributed by atoms with Gasteiger partial charge in [-0.3, -0.25) is 14.5 Å². The molecule has 2 saturated heterocycles. The molecule has 0 N–H and O–H groups in total. The summed E-state index contributed by atoms with van der Waals surface area (Å²) in [7, 11) is 0. The smallest absolute Gasteiger partial charge is 0.227 e. The molecule has 6 heteroatoms. The Hall–Kier alpha value is -2.37. The van der Waals surface area contributed by atoms with Gasteiger partial charge < -0.3 is 9.80 Å². The number of nitrogens with zero attached hydrogens (tertiary/aromatic N) is 3. The first kappa shape index (κ1) is 21.8. The monoisotopic (exact) mass is 439 g/mol. The van der Waals surface area contributed by atoms with Crippen LogP contribution >= 0.6 is 11.6 Å². The fraction of sp³-hybridized carbons (Fsp3) is 0.440. The molecular weight excluding hydrogens is 410 g/mol. The van der Waals surface area contributed by atoms with Crippen LogP contribution < -0.4 is 4.90 Å². The van der Waals surface area contributed by atoms with Crippen LogP contribution in [0.2, 0.25) is 5.02 Å². The first-order valence-corrected chi connectivity index (χ1v) is 11.4. The maximum Gasteiger partial charge on any atom is 0.227 e. The van der Waals surface area contributed by atoms with Gasteiger partial charge in [-0.2, -0.15) is 0 Å². The molecule has 5 nitrogen and oxygen atoms in total. The molecule has 2 fully saturated rings. The first-order valence-electron chi connectivity index (χ1n) is 11.1. The predicted octanol–water partition coefficient (Wildman–Crippen LogP) is 3.93. The maximum absolute atomic E-state index is 13.6. The highest BCUT2D eigenvalue weighted by atomic mass is 35.5. The second-order valence-electron chi connectivity index (χ2n) is 8.80. The lowest BCUT2D eigenvalue weighted by molar-refractivity contribution is -0.135. The summed E-state index contributed by atoms with van der Waals surface area (Å²) in [4.78, 5) is 31.6. The van der Waals surface area contributed by atoms with Crippen LogP contribution in [0.25, 0.3) is 0 Å². The molecule has 0 saturated carbocycles. The van der Waals surface area contributed by atoms with Crippen molar-refractivity contribution in [3.8, 4) is 0 Å². The van der Waals surface area contributed by atoms with Gasteiger partial charge in [-0.15, -0.1) is 0 Å². The number of hydrogen-bond acceptors (Lipinski definition) is 4. The van der Waals surface area contributed by atoms with Crippen LogP contribution in [-0.4, -0.2) is 67.3 Å². The molecule has 0 spiro atoms. The minimum atomic E-state index is -0.0441. The van der Waals surface area contributed by atoms with Gasteiger partial charge >= 0.3 is 0 Å². The molecule has 0 unspecified atom stereocenters. The minimum Gasteiger partial charge on any atom is -0.367 e. The third kappa shape index (κ3) is 4.63. The molecule has 1 amide bonds. The van der Waals surface area contributed by atoms with E-state index in [-0.39, 0.29) is 17.7 Å². The van der Waals surface area contributed by atoms with Crippen molar-refractivity contribution in [2.75, 3.05) is 44.2 Å². The SMILES string of the molecule is CC(C)N1C[C@@H](C(=O)N2CCN(c3ccccc3C=O)CC2)[C@H](c2ccc(Cl)cc2)C1. The van der Waals surface area contributed by atoms with E-state index in [0.29, 0.717) is 24.7 Å². The van der Waals surface area contributed by atoms with Crippen LogP contribution in [-0.2, 0) is 4.79 Å². The van der Waals surface area contributed by atoms with E-state index < -0.39 is 0 Å². The lowest BCUT2D eigenvalue weighted by Crippen LogP contribution is -2.51. The number of carbonyl (C=O) groups excluding carboxylic acids is 2. The minimum absolute atomic E-state index is 0.0441. The molecule has 4 rings (SSSR count). The van der Waals surface area contributed by atoms with Gasteiger partial charge in [0.2, 0.25) is 5.91 Å². The highest BCUT2D eigenvalue weighted by Gasteiger charge is 2.41. The number of benzene rings is 2. The fourth-order valence-corrected chi connectivity index (χ4v) is 4.96. The Morgan fingerprint density at radius 2 is 1.68 bits per heavy atom. The fourth-order valence-electron chi connectivity index (χ4n) is 4.83. The molecule has 0 bridgehead atoms. The zero-order valence-corrected chi connectivity index (χ0v) is 19.0. The molecule has 2 aliphatic heterocycles. The Morgan fingerprint density at radius 3 is 2.32 bits per heavy atom. The molecule has 0 aliphatic carbocycles. The van der Waals surface area contributed by atoms with Gasteiger partial charge in [0.25, 0.3) is 0 Å². The summed E-state index contributed by atoms with van der Waals surface area (Å²) in [6.07, 6.45) is 0.905. The molecule has 164 valence electrons. The van der Waals surface area contributed by atoms with Gasteiger partial charge in [0.1, 0.15) is 0 Å². The van der Waals surface area contributed by atoms with E-state index in [2.05, 4.69) is 35.8 Å².